The summed E-state index contributed by atoms with van der Waals surface area (Å²) in [5.41, 5.74) is 0. The first-order valence-electron chi connectivity index (χ1n) is 4.99. The van der Waals surface area contributed by atoms with Gasteiger partial charge in [0.15, 0.2) is 0 Å². The predicted molar refractivity (Wildman–Crippen MR) is 76.3 cm³/mol. The minimum atomic E-state index is -3.34. The summed E-state index contributed by atoms with van der Waals surface area (Å²) in [7, 11) is -3.81. The molecule has 0 aliphatic heterocycles. The van der Waals surface area contributed by atoms with Gasteiger partial charge in [0, 0.05) is 0 Å². The zero-order valence-corrected chi connectivity index (χ0v) is 12.1. The third-order valence-corrected chi connectivity index (χ3v) is 3.89. The molecule has 0 N–H and O–H groups in total. The number of sulfone groups is 1. The molecule has 0 saturated carbocycles. The van der Waals surface area contributed by atoms with Crippen molar-refractivity contribution in [3.8, 4) is 0 Å². The van der Waals surface area contributed by atoms with Crippen LogP contribution in [-0.4, -0.2) is 8.42 Å². The van der Waals surface area contributed by atoms with E-state index in [-0.39, 0.29) is 0 Å². The molecule has 2 aromatic rings. The lowest BCUT2D eigenvalue weighted by molar-refractivity contribution is 0.596. The molecule has 6 heteroatoms. The van der Waals surface area contributed by atoms with Gasteiger partial charge in [-0.05, 0) is 24.3 Å². The summed E-state index contributed by atoms with van der Waals surface area (Å²) in [5, 5.41) is 0. The van der Waals surface area contributed by atoms with Gasteiger partial charge in [-0.1, -0.05) is 41.0 Å². The second-order valence-electron chi connectivity index (χ2n) is 3.22. The van der Waals surface area contributed by atoms with Gasteiger partial charge in [-0.15, -0.1) is 0 Å². The summed E-state index contributed by atoms with van der Waals surface area (Å²) in [6, 6.07) is 16.9. The Morgan fingerprint density at radius 2 is 1.06 bits per heavy atom. The van der Waals surface area contributed by atoms with Crippen LogP contribution in [0.15, 0.2) is 70.5 Å². The van der Waals surface area contributed by atoms with Gasteiger partial charge >= 0.3 is 7.66 Å². The minimum Gasteiger partial charge on any atom is -0.219 e. The highest BCUT2D eigenvalue weighted by atomic mass is 32.7. The molecule has 0 saturated heterocycles. The van der Waals surface area contributed by atoms with E-state index < -0.39 is 17.5 Å². The quantitative estimate of drug-likeness (QED) is 0.683. The van der Waals surface area contributed by atoms with E-state index in [0.717, 1.165) is 0 Å². The Balaban J connectivity index is 0.000000492. The zero-order chi connectivity index (χ0) is 13.4. The molecule has 1 unspecified atom stereocenters. The van der Waals surface area contributed by atoms with Crippen LogP contribution in [0.3, 0.4) is 0 Å². The third kappa shape index (κ3) is 3.95. The van der Waals surface area contributed by atoms with Gasteiger partial charge in [0.1, 0.15) is 12.2 Å². The number of rotatable bonds is 2. The normalized spacial score (nSPS) is 10.5. The molecule has 0 heterocycles. The van der Waals surface area contributed by atoms with E-state index in [2.05, 4.69) is 12.2 Å². The number of hydrogen-bond acceptors (Lipinski definition) is 3. The van der Waals surface area contributed by atoms with Crippen molar-refractivity contribution >= 4 is 29.7 Å². The van der Waals surface area contributed by atoms with Crippen LogP contribution >= 0.6 is 19.9 Å². The van der Waals surface area contributed by atoms with Gasteiger partial charge in [-0.25, -0.2) is 8.42 Å². The van der Waals surface area contributed by atoms with Gasteiger partial charge in [0.25, 0.3) is 0 Å². The van der Waals surface area contributed by atoms with Crippen molar-refractivity contribution in [1.82, 2.24) is 0 Å². The van der Waals surface area contributed by atoms with Gasteiger partial charge in [-0.2, -0.15) is 0 Å². The molecule has 2 aromatic carbocycles. The Kier molecular flexibility index (Phi) is 6.05. The number of benzene rings is 2. The van der Waals surface area contributed by atoms with Gasteiger partial charge in [0.2, 0.25) is 9.84 Å². The highest BCUT2D eigenvalue weighted by Gasteiger charge is 2.15. The van der Waals surface area contributed by atoms with E-state index in [1.807, 2.05) is 0 Å². The zero-order valence-electron chi connectivity index (χ0n) is 9.35. The van der Waals surface area contributed by atoms with Crippen molar-refractivity contribution in [2.75, 3.05) is 0 Å². The molecule has 94 valence electrons. The Morgan fingerprint density at radius 3 is 1.33 bits per heavy atom. The fourth-order valence-corrected chi connectivity index (χ4v) is 2.64. The standard InChI is InChI=1S/C12H10O2S.HOPS/c13-15(14,11-7-3-1-4-8-11)12-9-5-2-6-10-12;1-2-3/h1-10H;(H,1,3)/p+1. The van der Waals surface area contributed by atoms with Gasteiger partial charge in [-0.3, -0.25) is 0 Å². The molecule has 0 bridgehead atoms. The minimum absolute atomic E-state index is 0.330. The fraction of sp³-hybridized carbons (Fsp3) is 0. The first-order valence-corrected chi connectivity index (χ1v) is 8.67. The van der Waals surface area contributed by atoms with Gasteiger partial charge < -0.3 is 0 Å². The van der Waals surface area contributed by atoms with Crippen LogP contribution in [0.4, 0.5) is 0 Å². The summed E-state index contributed by atoms with van der Waals surface area (Å²) >= 11 is 3.26. The lowest BCUT2D eigenvalue weighted by Crippen LogP contribution is -2.00. The highest BCUT2D eigenvalue weighted by molar-refractivity contribution is 8.33. The first kappa shape index (κ1) is 14.9. The summed E-state index contributed by atoms with van der Waals surface area (Å²) in [5.74, 6) is 0. The monoisotopic (exact) mass is 299 g/mol. The van der Waals surface area contributed by atoms with Crippen LogP contribution in [0.2, 0.25) is 0 Å². The van der Waals surface area contributed by atoms with Crippen molar-refractivity contribution in [2.24, 2.45) is 0 Å². The molecule has 3 nitrogen and oxygen atoms in total. The van der Waals surface area contributed by atoms with E-state index in [1.54, 1.807) is 60.7 Å². The van der Waals surface area contributed by atoms with E-state index in [1.165, 1.54) is 0 Å². The van der Waals surface area contributed by atoms with Crippen LogP contribution in [0.25, 0.3) is 0 Å². The van der Waals surface area contributed by atoms with E-state index in [4.69, 9.17) is 4.57 Å². The number of hydrogen-bond donors (Lipinski definition) is 1. The topological polar surface area (TPSA) is 51.2 Å². The molecule has 0 fully saturated rings. The lowest BCUT2D eigenvalue weighted by atomic mass is 10.4. The summed E-state index contributed by atoms with van der Waals surface area (Å²) in [6.45, 7) is 0. The molecule has 1 atom stereocenters. The molecule has 0 aromatic heterocycles. The summed E-state index contributed by atoms with van der Waals surface area (Å²) in [4.78, 5) is 0.660. The van der Waals surface area contributed by atoms with Crippen LogP contribution in [0, 0.1) is 0 Å². The van der Waals surface area contributed by atoms with Crippen LogP contribution in [0.1, 0.15) is 0 Å². The SMILES string of the molecule is O=S(=O)(c1ccccc1)c1ccccc1.O=[PH+]S. The molecule has 2 rings (SSSR count). The molecule has 0 aliphatic carbocycles. The van der Waals surface area contributed by atoms with Crippen LogP contribution in [0.5, 0.6) is 0 Å². The average molecular weight is 299 g/mol. The highest BCUT2D eigenvalue weighted by Crippen LogP contribution is 2.19. The Bertz CT molecular complexity index is 538. The molecular formula is C12H12O3PS2+. The molecule has 0 spiro atoms. The van der Waals surface area contributed by atoms with Crippen molar-refractivity contribution in [3.05, 3.63) is 60.7 Å². The average Bonchev–Trinajstić information content (AvgIpc) is 2.42. The second kappa shape index (κ2) is 7.31. The van der Waals surface area contributed by atoms with Crippen molar-refractivity contribution < 1.29 is 13.0 Å². The van der Waals surface area contributed by atoms with E-state index >= 15 is 0 Å². The molecular weight excluding hydrogens is 287 g/mol. The lowest BCUT2D eigenvalue weighted by Gasteiger charge is -2.03. The maximum atomic E-state index is 12.0. The molecule has 0 amide bonds. The largest absolute Gasteiger partial charge is 0.393 e. The smallest absolute Gasteiger partial charge is 0.219 e. The summed E-state index contributed by atoms with van der Waals surface area (Å²) in [6.07, 6.45) is 0. The fourth-order valence-electron chi connectivity index (χ4n) is 1.34. The van der Waals surface area contributed by atoms with E-state index in [9.17, 15) is 8.42 Å². The molecule has 18 heavy (non-hydrogen) atoms. The van der Waals surface area contributed by atoms with Crippen LogP contribution in [-0.2, 0) is 14.4 Å². The summed E-state index contributed by atoms with van der Waals surface area (Å²) < 4.78 is 32.9. The number of thiol groups is 1. The van der Waals surface area contributed by atoms with Crippen molar-refractivity contribution in [2.45, 2.75) is 9.79 Å². The van der Waals surface area contributed by atoms with Crippen LogP contribution < -0.4 is 0 Å². The predicted octanol–water partition coefficient (Wildman–Crippen LogP) is 3.37. The van der Waals surface area contributed by atoms with Gasteiger partial charge in [0.05, 0.1) is 9.79 Å². The Labute approximate surface area is 113 Å². The second-order valence-corrected chi connectivity index (χ2v) is 5.90. The van der Waals surface area contributed by atoms with E-state index in [0.29, 0.717) is 9.79 Å². The maximum absolute atomic E-state index is 12.0. The third-order valence-electron chi connectivity index (χ3n) is 2.11. The Hall–Kier alpha value is -1.16. The maximum Gasteiger partial charge on any atom is 0.393 e. The molecule has 0 aliphatic rings. The van der Waals surface area contributed by atoms with Crippen molar-refractivity contribution in [1.29, 1.82) is 0 Å². The molecule has 0 radical (unpaired) electrons. The van der Waals surface area contributed by atoms with Crippen molar-refractivity contribution in [3.63, 3.8) is 0 Å². The Morgan fingerprint density at radius 1 is 0.778 bits per heavy atom. The first-order chi connectivity index (χ1) is 8.62.